The number of anilines is 1. The van der Waals surface area contributed by atoms with Crippen molar-refractivity contribution in [2.24, 2.45) is 0 Å². The van der Waals surface area contributed by atoms with Crippen molar-refractivity contribution in [3.05, 3.63) is 32.3 Å². The lowest BCUT2D eigenvalue weighted by Gasteiger charge is -2.08. The molecule has 0 fully saturated rings. The SMILES string of the molecule is CC.COC(=O)c1c(Br)ccc(NC(C)=O)c1[N+](=O)[O-]. The van der Waals surface area contributed by atoms with Crippen molar-refractivity contribution in [3.8, 4) is 0 Å². The van der Waals surface area contributed by atoms with E-state index >= 15 is 0 Å². The van der Waals surface area contributed by atoms with Crippen molar-refractivity contribution in [2.45, 2.75) is 20.8 Å². The molecule has 0 bridgehead atoms. The molecule has 7 nitrogen and oxygen atoms in total. The van der Waals surface area contributed by atoms with Gasteiger partial charge in [-0.2, -0.15) is 0 Å². The highest BCUT2D eigenvalue weighted by Crippen LogP contribution is 2.34. The molecular formula is C12H15BrN2O5. The molecule has 1 rings (SSSR count). The Kier molecular flexibility index (Phi) is 7.45. The van der Waals surface area contributed by atoms with Crippen LogP contribution in [-0.4, -0.2) is 23.9 Å². The van der Waals surface area contributed by atoms with E-state index in [1.807, 2.05) is 13.8 Å². The largest absolute Gasteiger partial charge is 0.465 e. The van der Waals surface area contributed by atoms with Crippen molar-refractivity contribution in [2.75, 3.05) is 12.4 Å². The van der Waals surface area contributed by atoms with Gasteiger partial charge in [-0.3, -0.25) is 14.9 Å². The van der Waals surface area contributed by atoms with Gasteiger partial charge >= 0.3 is 11.7 Å². The quantitative estimate of drug-likeness (QED) is 0.515. The van der Waals surface area contributed by atoms with Gasteiger partial charge in [0, 0.05) is 11.4 Å². The average molecular weight is 347 g/mol. The summed E-state index contributed by atoms with van der Waals surface area (Å²) < 4.78 is 4.70. The van der Waals surface area contributed by atoms with Gasteiger partial charge in [0.05, 0.1) is 12.0 Å². The van der Waals surface area contributed by atoms with E-state index in [4.69, 9.17) is 0 Å². The first-order valence-corrected chi connectivity index (χ1v) is 6.50. The number of halogens is 1. The van der Waals surface area contributed by atoms with Crippen LogP contribution in [0.2, 0.25) is 0 Å². The average Bonchev–Trinajstić information content (AvgIpc) is 2.41. The lowest BCUT2D eigenvalue weighted by molar-refractivity contribution is -0.384. The Morgan fingerprint density at radius 1 is 1.35 bits per heavy atom. The van der Waals surface area contributed by atoms with E-state index in [2.05, 4.69) is 26.0 Å². The number of hydrogen-bond donors (Lipinski definition) is 1. The van der Waals surface area contributed by atoms with Gasteiger partial charge in [0.25, 0.3) is 0 Å². The number of amides is 1. The summed E-state index contributed by atoms with van der Waals surface area (Å²) in [5.74, 6) is -1.34. The molecule has 0 atom stereocenters. The van der Waals surface area contributed by atoms with Crippen LogP contribution in [0.5, 0.6) is 0 Å². The molecule has 0 spiro atoms. The first-order chi connectivity index (χ1) is 9.38. The molecule has 0 aromatic heterocycles. The molecule has 0 radical (unpaired) electrons. The standard InChI is InChI=1S/C10H9BrN2O5.C2H6/c1-5(14)12-7-4-3-6(11)8(10(15)18-2)9(7)13(16)17;1-2/h3-4H,1-2H3,(H,12,14);1-2H3. The van der Waals surface area contributed by atoms with Gasteiger partial charge in [-0.1, -0.05) is 13.8 Å². The van der Waals surface area contributed by atoms with E-state index in [1.54, 1.807) is 0 Å². The summed E-state index contributed by atoms with van der Waals surface area (Å²) in [4.78, 5) is 32.8. The van der Waals surface area contributed by atoms with Crippen LogP contribution in [-0.2, 0) is 9.53 Å². The van der Waals surface area contributed by atoms with Crippen molar-refractivity contribution in [1.29, 1.82) is 0 Å². The zero-order valence-corrected chi connectivity index (χ0v) is 13.1. The van der Waals surface area contributed by atoms with E-state index < -0.39 is 22.5 Å². The summed E-state index contributed by atoms with van der Waals surface area (Å²) in [7, 11) is 1.11. The Morgan fingerprint density at radius 3 is 2.30 bits per heavy atom. The molecule has 1 amide bonds. The monoisotopic (exact) mass is 346 g/mol. The summed E-state index contributed by atoms with van der Waals surface area (Å²) in [5, 5.41) is 13.3. The molecule has 0 aliphatic rings. The molecule has 0 saturated heterocycles. The Labute approximate surface area is 124 Å². The Morgan fingerprint density at radius 2 is 1.90 bits per heavy atom. The summed E-state index contributed by atoms with van der Waals surface area (Å²) in [6, 6.07) is 2.75. The summed E-state index contributed by atoms with van der Waals surface area (Å²) in [6.45, 7) is 5.21. The molecule has 1 aromatic carbocycles. The van der Waals surface area contributed by atoms with Crippen molar-refractivity contribution in [1.82, 2.24) is 0 Å². The van der Waals surface area contributed by atoms with Crippen molar-refractivity contribution in [3.63, 3.8) is 0 Å². The second-order valence-electron chi connectivity index (χ2n) is 3.25. The number of carbonyl (C=O) groups excluding carboxylic acids is 2. The third kappa shape index (κ3) is 4.30. The second-order valence-corrected chi connectivity index (χ2v) is 4.10. The highest BCUT2D eigenvalue weighted by atomic mass is 79.9. The molecule has 8 heteroatoms. The predicted octanol–water partition coefficient (Wildman–Crippen LogP) is 3.13. The number of nitro groups is 1. The van der Waals surface area contributed by atoms with Gasteiger partial charge in [0.2, 0.25) is 5.91 Å². The number of rotatable bonds is 3. The first-order valence-electron chi connectivity index (χ1n) is 5.71. The molecule has 0 aliphatic heterocycles. The number of nitrogens with one attached hydrogen (secondary N) is 1. The maximum atomic E-state index is 11.5. The van der Waals surface area contributed by atoms with Crippen LogP contribution in [0.25, 0.3) is 0 Å². The van der Waals surface area contributed by atoms with Crippen LogP contribution < -0.4 is 5.32 Å². The number of hydrogen-bond acceptors (Lipinski definition) is 5. The molecule has 0 saturated carbocycles. The van der Waals surface area contributed by atoms with Crippen LogP contribution in [0.4, 0.5) is 11.4 Å². The normalized spacial score (nSPS) is 9.05. The summed E-state index contributed by atoms with van der Waals surface area (Å²) in [6.07, 6.45) is 0. The molecule has 0 aliphatic carbocycles. The zero-order valence-electron chi connectivity index (χ0n) is 11.5. The van der Waals surface area contributed by atoms with Crippen LogP contribution in [0, 0.1) is 10.1 Å². The van der Waals surface area contributed by atoms with E-state index in [-0.39, 0.29) is 15.7 Å². The van der Waals surface area contributed by atoms with Crippen LogP contribution >= 0.6 is 15.9 Å². The van der Waals surface area contributed by atoms with E-state index in [1.165, 1.54) is 19.1 Å². The fourth-order valence-electron chi connectivity index (χ4n) is 1.34. The van der Waals surface area contributed by atoms with E-state index in [0.29, 0.717) is 0 Å². The van der Waals surface area contributed by atoms with Gasteiger partial charge < -0.3 is 10.1 Å². The number of nitrogens with zero attached hydrogens (tertiary/aromatic N) is 1. The van der Waals surface area contributed by atoms with Gasteiger partial charge in [-0.15, -0.1) is 0 Å². The fraction of sp³-hybridized carbons (Fsp3) is 0.333. The Bertz CT molecular complexity index is 531. The number of nitro benzene ring substituents is 1. The molecule has 20 heavy (non-hydrogen) atoms. The molecule has 0 unspecified atom stereocenters. The number of carbonyl (C=O) groups is 2. The number of benzene rings is 1. The molecule has 0 heterocycles. The molecule has 1 aromatic rings. The van der Waals surface area contributed by atoms with Crippen LogP contribution in [0.15, 0.2) is 16.6 Å². The van der Waals surface area contributed by atoms with Gasteiger partial charge in [0.1, 0.15) is 5.69 Å². The zero-order chi connectivity index (χ0) is 15.9. The van der Waals surface area contributed by atoms with E-state index in [0.717, 1.165) is 7.11 Å². The van der Waals surface area contributed by atoms with Crippen molar-refractivity contribution >= 4 is 39.2 Å². The lowest BCUT2D eigenvalue weighted by atomic mass is 10.1. The van der Waals surface area contributed by atoms with Crippen molar-refractivity contribution < 1.29 is 19.2 Å². The molecular weight excluding hydrogens is 332 g/mol. The lowest BCUT2D eigenvalue weighted by Crippen LogP contribution is -2.12. The summed E-state index contributed by atoms with van der Waals surface area (Å²) in [5.41, 5.74) is -0.809. The topological polar surface area (TPSA) is 98.5 Å². The molecule has 110 valence electrons. The highest BCUT2D eigenvalue weighted by Gasteiger charge is 2.28. The number of esters is 1. The second kappa shape index (κ2) is 8.26. The third-order valence-electron chi connectivity index (χ3n) is 2.01. The van der Waals surface area contributed by atoms with E-state index in [9.17, 15) is 19.7 Å². The van der Waals surface area contributed by atoms with Gasteiger partial charge in [0.15, 0.2) is 5.56 Å². The third-order valence-corrected chi connectivity index (χ3v) is 2.67. The number of ether oxygens (including phenoxy) is 1. The van der Waals surface area contributed by atoms with Gasteiger partial charge in [-0.05, 0) is 28.1 Å². The van der Waals surface area contributed by atoms with Crippen LogP contribution in [0.3, 0.4) is 0 Å². The Hall–Kier alpha value is -1.96. The highest BCUT2D eigenvalue weighted by molar-refractivity contribution is 9.10. The first kappa shape index (κ1) is 18.0. The predicted molar refractivity (Wildman–Crippen MR) is 77.8 cm³/mol. The number of methoxy groups -OCH3 is 1. The minimum absolute atomic E-state index is 0.0592. The fourth-order valence-corrected chi connectivity index (χ4v) is 1.82. The smallest absolute Gasteiger partial charge is 0.346 e. The minimum Gasteiger partial charge on any atom is -0.465 e. The summed E-state index contributed by atoms with van der Waals surface area (Å²) >= 11 is 3.04. The van der Waals surface area contributed by atoms with Crippen LogP contribution in [0.1, 0.15) is 31.1 Å². The maximum Gasteiger partial charge on any atom is 0.346 e. The minimum atomic E-state index is -0.860. The van der Waals surface area contributed by atoms with Gasteiger partial charge in [-0.25, -0.2) is 4.79 Å². The Balaban J connectivity index is 0.00000172. The molecule has 1 N–H and O–H groups in total. The maximum absolute atomic E-state index is 11.5.